The van der Waals surface area contributed by atoms with E-state index in [1.807, 2.05) is 81.8 Å². The topological polar surface area (TPSA) is 93.0 Å². The fraction of sp³-hybridized carbons (Fsp3) is 0.486. The number of ether oxygens (including phenoxy) is 2. The summed E-state index contributed by atoms with van der Waals surface area (Å²) in [5, 5.41) is 12.9. The molecule has 1 saturated carbocycles. The monoisotopic (exact) mass is 715 g/mol. The average molecular weight is 716 g/mol. The molecule has 6 rings (SSSR count). The number of alkyl halides is 3. The highest BCUT2D eigenvalue weighted by Gasteiger charge is 2.45. The number of piperidine rings is 1. The van der Waals surface area contributed by atoms with E-state index in [9.17, 15) is 23.1 Å². The predicted molar refractivity (Wildman–Crippen MR) is 192 cm³/mol. The first-order chi connectivity index (χ1) is 23.3. The van der Waals surface area contributed by atoms with Gasteiger partial charge in [-0.3, -0.25) is 0 Å². The van der Waals surface area contributed by atoms with Crippen LogP contribution < -0.4 is 4.90 Å². The number of hydrogen-bond donors (Lipinski definition) is 1. The van der Waals surface area contributed by atoms with Gasteiger partial charge >= 0.3 is 12.3 Å². The first-order valence-electron chi connectivity index (χ1n) is 16.9. The number of aliphatic hydroxyl groups is 1. The van der Waals surface area contributed by atoms with Crippen LogP contribution in [0.5, 0.6) is 0 Å². The van der Waals surface area contributed by atoms with E-state index in [0.717, 1.165) is 41.5 Å². The number of carbonyl (C=O) groups is 1. The minimum atomic E-state index is -4.39. The van der Waals surface area contributed by atoms with Gasteiger partial charge in [-0.25, -0.2) is 14.8 Å². The summed E-state index contributed by atoms with van der Waals surface area (Å²) in [6.45, 7) is 10.7. The van der Waals surface area contributed by atoms with Gasteiger partial charge in [0.2, 0.25) is 0 Å². The number of aromatic nitrogens is 3. The van der Waals surface area contributed by atoms with E-state index in [4.69, 9.17) is 9.47 Å². The van der Waals surface area contributed by atoms with Gasteiger partial charge in [0.25, 0.3) is 0 Å². The van der Waals surface area contributed by atoms with Crippen LogP contribution in [-0.2, 0) is 35.3 Å². The second-order valence-electron chi connectivity index (χ2n) is 13.5. The molecule has 2 atom stereocenters. The van der Waals surface area contributed by atoms with Crippen LogP contribution in [0.15, 0.2) is 73.2 Å². The quantitative estimate of drug-likeness (QED) is 0.190. The summed E-state index contributed by atoms with van der Waals surface area (Å²) >= 11 is 0. The molecule has 2 fully saturated rings. The SMILES string of the molecule is CC.CC(C)(C)OC(=O)N1CCC(O)(Cn2ccc3c(N(Cc4ccc(C(F)(F)F)cc4)C4CC4)ncnc32)C(OCc2ccccc2)C1.S. The third-order valence-electron chi connectivity index (χ3n) is 8.62. The average Bonchev–Trinajstić information content (AvgIpc) is 3.84. The molecular formula is C37H48F3N5O4S. The van der Waals surface area contributed by atoms with Gasteiger partial charge in [-0.15, -0.1) is 0 Å². The smallest absolute Gasteiger partial charge is 0.416 e. The standard InChI is InChI=1S/C35H40F3N5O4.C2H6.H2S/c1-33(2,3)47-32(44)41-18-16-34(45,29(20-41)46-21-25-7-5-4-6-8-25)22-42-17-15-28-30(42)39-23-40-31(28)43(27-13-14-27)19-24-9-11-26(12-10-24)35(36,37)38;1-2;/h4-12,15,17,23,27,29,45H,13-14,16,18-22H2,1-3H3;1-2H3;1H2. The van der Waals surface area contributed by atoms with Crippen molar-refractivity contribution in [2.45, 2.75) is 103 Å². The van der Waals surface area contributed by atoms with Gasteiger partial charge in [-0.1, -0.05) is 56.3 Å². The van der Waals surface area contributed by atoms with Crippen molar-refractivity contribution in [2.75, 3.05) is 18.0 Å². The van der Waals surface area contributed by atoms with Gasteiger partial charge in [0.05, 0.1) is 30.6 Å². The van der Waals surface area contributed by atoms with Gasteiger partial charge < -0.3 is 28.9 Å². The number of halogens is 3. The van der Waals surface area contributed by atoms with Crippen LogP contribution in [0.25, 0.3) is 11.0 Å². The third-order valence-corrected chi connectivity index (χ3v) is 8.62. The molecule has 13 heteroatoms. The third kappa shape index (κ3) is 9.49. The Labute approximate surface area is 298 Å². The molecule has 0 radical (unpaired) electrons. The zero-order valence-electron chi connectivity index (χ0n) is 29.3. The summed E-state index contributed by atoms with van der Waals surface area (Å²) in [5.74, 6) is 0.694. The molecule has 0 spiro atoms. The molecule has 2 unspecified atom stereocenters. The maximum atomic E-state index is 13.1. The number of amides is 1. The Hall–Kier alpha value is -3.81. The Kier molecular flexibility index (Phi) is 12.5. The lowest BCUT2D eigenvalue weighted by Crippen LogP contribution is -2.59. The summed E-state index contributed by atoms with van der Waals surface area (Å²) in [6, 6.07) is 17.0. The van der Waals surface area contributed by atoms with Crippen molar-refractivity contribution < 1.29 is 32.5 Å². The molecule has 3 heterocycles. The van der Waals surface area contributed by atoms with Gasteiger partial charge in [0.1, 0.15) is 35.1 Å². The predicted octanol–water partition coefficient (Wildman–Crippen LogP) is 7.72. The van der Waals surface area contributed by atoms with Gasteiger partial charge in [0.15, 0.2) is 0 Å². The van der Waals surface area contributed by atoms with Crippen LogP contribution in [0.1, 0.15) is 70.6 Å². The van der Waals surface area contributed by atoms with E-state index < -0.39 is 35.1 Å². The molecule has 2 aromatic carbocycles. The molecule has 1 aliphatic carbocycles. The van der Waals surface area contributed by atoms with E-state index in [2.05, 4.69) is 14.9 Å². The van der Waals surface area contributed by atoms with Crippen molar-refractivity contribution in [3.63, 3.8) is 0 Å². The van der Waals surface area contributed by atoms with Gasteiger partial charge in [0, 0.05) is 25.3 Å². The molecule has 1 aliphatic heterocycles. The van der Waals surface area contributed by atoms with Crippen molar-refractivity contribution >= 4 is 36.4 Å². The maximum absolute atomic E-state index is 13.1. The van der Waals surface area contributed by atoms with Crippen LogP contribution in [0.4, 0.5) is 23.8 Å². The zero-order chi connectivity index (χ0) is 35.4. The number of benzene rings is 2. The fourth-order valence-electron chi connectivity index (χ4n) is 6.00. The van der Waals surface area contributed by atoms with Crippen molar-refractivity contribution in [3.05, 3.63) is 89.9 Å². The van der Waals surface area contributed by atoms with Crippen molar-refractivity contribution in [3.8, 4) is 0 Å². The van der Waals surface area contributed by atoms with Crippen LogP contribution in [-0.4, -0.2) is 67.1 Å². The van der Waals surface area contributed by atoms with Crippen molar-refractivity contribution in [2.24, 2.45) is 0 Å². The second kappa shape index (κ2) is 16.0. The molecule has 0 bridgehead atoms. The molecule has 2 aromatic heterocycles. The van der Waals surface area contributed by atoms with E-state index in [1.165, 1.54) is 18.5 Å². The summed E-state index contributed by atoms with van der Waals surface area (Å²) < 4.78 is 53.2. The first-order valence-corrected chi connectivity index (χ1v) is 16.9. The lowest BCUT2D eigenvalue weighted by molar-refractivity contribution is -0.155. The molecule has 50 heavy (non-hydrogen) atoms. The summed E-state index contributed by atoms with van der Waals surface area (Å²) in [4.78, 5) is 25.9. The first kappa shape index (κ1) is 39.0. The number of rotatable bonds is 9. The van der Waals surface area contributed by atoms with Crippen molar-refractivity contribution in [1.82, 2.24) is 19.4 Å². The summed E-state index contributed by atoms with van der Waals surface area (Å²) in [6.07, 6.45) is -0.0465. The summed E-state index contributed by atoms with van der Waals surface area (Å²) in [7, 11) is 0. The molecule has 2 aliphatic rings. The Morgan fingerprint density at radius 1 is 1.00 bits per heavy atom. The number of hydrogen-bond acceptors (Lipinski definition) is 7. The lowest BCUT2D eigenvalue weighted by Gasteiger charge is -2.44. The highest BCUT2D eigenvalue weighted by Crippen LogP contribution is 2.37. The van der Waals surface area contributed by atoms with Crippen LogP contribution in [0.3, 0.4) is 0 Å². The summed E-state index contributed by atoms with van der Waals surface area (Å²) in [5.41, 5.74) is -0.352. The lowest BCUT2D eigenvalue weighted by atomic mass is 9.88. The number of anilines is 1. The van der Waals surface area contributed by atoms with Gasteiger partial charge in [-0.05, 0) is 69.4 Å². The van der Waals surface area contributed by atoms with Gasteiger partial charge in [-0.2, -0.15) is 26.7 Å². The number of likely N-dealkylation sites (tertiary alicyclic amines) is 1. The normalized spacial score (nSPS) is 19.3. The van der Waals surface area contributed by atoms with E-state index in [-0.39, 0.29) is 45.7 Å². The Bertz CT molecular complexity index is 1690. The molecule has 1 N–H and O–H groups in total. The van der Waals surface area contributed by atoms with Crippen LogP contribution >= 0.6 is 13.5 Å². The van der Waals surface area contributed by atoms with Crippen LogP contribution in [0.2, 0.25) is 0 Å². The van der Waals surface area contributed by atoms with Crippen LogP contribution in [0, 0.1) is 0 Å². The Morgan fingerprint density at radius 3 is 2.30 bits per heavy atom. The van der Waals surface area contributed by atoms with Crippen molar-refractivity contribution in [1.29, 1.82) is 0 Å². The molecule has 1 saturated heterocycles. The molecule has 9 nitrogen and oxygen atoms in total. The van der Waals surface area contributed by atoms with E-state index >= 15 is 0 Å². The second-order valence-corrected chi connectivity index (χ2v) is 13.5. The Morgan fingerprint density at radius 2 is 1.68 bits per heavy atom. The molecule has 272 valence electrons. The number of carbonyl (C=O) groups excluding carboxylic acids is 1. The van der Waals surface area contributed by atoms with E-state index in [0.29, 0.717) is 24.6 Å². The minimum absolute atomic E-state index is 0. The minimum Gasteiger partial charge on any atom is -0.444 e. The molecule has 1 amide bonds. The molecular weight excluding hydrogens is 667 g/mol. The zero-order valence-corrected chi connectivity index (χ0v) is 30.3. The largest absolute Gasteiger partial charge is 0.444 e. The molecule has 4 aromatic rings. The Balaban J connectivity index is 0.00000184. The fourth-order valence-corrected chi connectivity index (χ4v) is 6.00. The number of fused-ring (bicyclic) bond motifs is 1. The highest BCUT2D eigenvalue weighted by atomic mass is 32.1. The maximum Gasteiger partial charge on any atom is 0.416 e. The van der Waals surface area contributed by atoms with E-state index in [1.54, 1.807) is 4.90 Å². The number of nitrogens with zero attached hydrogens (tertiary/aromatic N) is 5. The highest BCUT2D eigenvalue weighted by molar-refractivity contribution is 7.59.